The molecule has 42 heavy (non-hydrogen) atoms. The van der Waals surface area contributed by atoms with Crippen LogP contribution in [0.2, 0.25) is 0 Å². The smallest absolute Gasteiger partial charge is 0.0624 e. The maximum Gasteiger partial charge on any atom is 0.0624 e. The first kappa shape index (κ1) is 26.8. The molecule has 8 aliphatic rings. The molecule has 8 fully saturated rings. The minimum absolute atomic E-state index is 0.0784. The molecule has 218 valence electrons. The van der Waals surface area contributed by atoms with Crippen LogP contribution in [0.1, 0.15) is 86.5 Å². The summed E-state index contributed by atoms with van der Waals surface area (Å²) >= 11 is 0. The molecule has 4 heteroatoms. The van der Waals surface area contributed by atoms with Crippen molar-refractivity contribution in [3.63, 3.8) is 0 Å². The van der Waals surface area contributed by atoms with Crippen LogP contribution in [0.25, 0.3) is 0 Å². The monoisotopic (exact) mass is 592 g/mol. The van der Waals surface area contributed by atoms with E-state index in [1.807, 2.05) is 12.4 Å². The minimum Gasteiger partial charge on any atom is -0.264 e. The third kappa shape index (κ3) is 4.32. The Kier molecular flexibility index (Phi) is 6.68. The van der Waals surface area contributed by atoms with Gasteiger partial charge in [0.25, 0.3) is 0 Å². The fourth-order valence-electron chi connectivity index (χ4n) is 12.2. The molecule has 3 aromatic rings. The summed E-state index contributed by atoms with van der Waals surface area (Å²) < 4.78 is 0. The number of aromatic nitrogens is 2. The van der Waals surface area contributed by atoms with Gasteiger partial charge in [-0.15, -0.1) is 9.24 Å². The van der Waals surface area contributed by atoms with Gasteiger partial charge in [0.1, 0.15) is 0 Å². The van der Waals surface area contributed by atoms with Crippen molar-refractivity contribution in [1.82, 2.24) is 9.97 Å². The van der Waals surface area contributed by atoms with E-state index in [1.54, 1.807) is 69.8 Å². The van der Waals surface area contributed by atoms with Crippen LogP contribution >= 0.6 is 17.2 Å². The number of pyridine rings is 2. The third-order valence-corrected chi connectivity index (χ3v) is 18.1. The van der Waals surface area contributed by atoms with Gasteiger partial charge in [0.15, 0.2) is 0 Å². The lowest BCUT2D eigenvalue weighted by molar-refractivity contribution is 0.0129. The lowest BCUT2D eigenvalue weighted by atomic mass is 9.55. The second-order valence-electron chi connectivity index (χ2n) is 15.5. The summed E-state index contributed by atoms with van der Waals surface area (Å²) in [6, 6.07) is 18.3. The standard InChI is InChI=1S/C38H46N2P2/c41-38(33-6-3-9-39-21-33,34-7-4-10-40-22-34)35-8-2-1-5-28(35)23-42(36-29-13-24-11-25(15-29)16-30(36)14-24)37-31-17-26-12-27(19-31)20-32(37)18-26/h1-10,21-22,24-27,29-32,36-37H,11-20,23,41H2. The van der Waals surface area contributed by atoms with E-state index in [4.69, 9.17) is 0 Å². The molecule has 2 aromatic heterocycles. The number of benzene rings is 1. The Labute approximate surface area is 256 Å². The second-order valence-corrected chi connectivity index (χ2v) is 18.9. The lowest BCUT2D eigenvalue weighted by Gasteiger charge is -2.62. The zero-order valence-corrected chi connectivity index (χ0v) is 26.9. The predicted octanol–water partition coefficient (Wildman–Crippen LogP) is 9.27. The van der Waals surface area contributed by atoms with E-state index in [0.717, 1.165) is 58.7 Å². The van der Waals surface area contributed by atoms with Gasteiger partial charge in [-0.05, 0) is 163 Å². The molecular weight excluding hydrogens is 546 g/mol. The molecule has 0 radical (unpaired) electrons. The molecule has 2 heterocycles. The number of hydrogen-bond acceptors (Lipinski definition) is 2. The highest BCUT2D eigenvalue weighted by Crippen LogP contribution is 2.72. The second kappa shape index (κ2) is 10.5. The van der Waals surface area contributed by atoms with Gasteiger partial charge in [0.2, 0.25) is 0 Å². The molecule has 8 saturated carbocycles. The fraction of sp³-hybridized carbons (Fsp3) is 0.579. The van der Waals surface area contributed by atoms with Crippen molar-refractivity contribution in [2.45, 2.75) is 86.8 Å². The van der Waals surface area contributed by atoms with E-state index in [9.17, 15) is 0 Å². The highest BCUT2D eigenvalue weighted by Gasteiger charge is 2.56. The molecule has 0 saturated heterocycles. The molecule has 1 atom stereocenters. The number of nitrogens with zero attached hydrogens (tertiary/aromatic N) is 2. The van der Waals surface area contributed by atoms with Crippen molar-refractivity contribution < 1.29 is 0 Å². The van der Waals surface area contributed by atoms with Crippen LogP contribution in [0, 0.1) is 47.3 Å². The van der Waals surface area contributed by atoms with Gasteiger partial charge in [0, 0.05) is 24.8 Å². The van der Waals surface area contributed by atoms with Crippen molar-refractivity contribution >= 4 is 17.2 Å². The summed E-state index contributed by atoms with van der Waals surface area (Å²) in [6.45, 7) is 0. The predicted molar refractivity (Wildman–Crippen MR) is 177 cm³/mol. The van der Waals surface area contributed by atoms with Crippen LogP contribution in [-0.4, -0.2) is 21.3 Å². The van der Waals surface area contributed by atoms with Crippen molar-refractivity contribution in [1.29, 1.82) is 0 Å². The van der Waals surface area contributed by atoms with Crippen LogP contribution < -0.4 is 0 Å². The van der Waals surface area contributed by atoms with Gasteiger partial charge in [-0.25, -0.2) is 0 Å². The number of hydrogen-bond donors (Lipinski definition) is 0. The van der Waals surface area contributed by atoms with Gasteiger partial charge < -0.3 is 0 Å². The third-order valence-electron chi connectivity index (χ3n) is 13.1. The molecule has 0 spiro atoms. The van der Waals surface area contributed by atoms with Crippen LogP contribution in [0.3, 0.4) is 0 Å². The Bertz CT molecular complexity index is 1290. The highest BCUT2D eigenvalue weighted by molar-refractivity contribution is 7.58. The van der Waals surface area contributed by atoms with E-state index in [1.165, 1.54) is 22.9 Å². The molecule has 8 aliphatic carbocycles. The van der Waals surface area contributed by atoms with Crippen LogP contribution in [0.15, 0.2) is 73.3 Å². The largest absolute Gasteiger partial charge is 0.264 e. The molecule has 2 nitrogen and oxygen atoms in total. The van der Waals surface area contributed by atoms with Crippen LogP contribution in [-0.2, 0) is 11.3 Å². The van der Waals surface area contributed by atoms with E-state index in [-0.39, 0.29) is 13.1 Å². The molecule has 0 amide bonds. The Balaban J connectivity index is 1.15. The van der Waals surface area contributed by atoms with Crippen LogP contribution in [0.4, 0.5) is 0 Å². The normalized spacial score (nSPS) is 38.6. The summed E-state index contributed by atoms with van der Waals surface area (Å²) in [7, 11) is 3.23. The molecule has 0 N–H and O–H groups in total. The van der Waals surface area contributed by atoms with E-state index in [0.29, 0.717) is 0 Å². The Morgan fingerprint density at radius 1 is 0.595 bits per heavy atom. The van der Waals surface area contributed by atoms with Crippen LogP contribution in [0.5, 0.6) is 0 Å². The van der Waals surface area contributed by atoms with Gasteiger partial charge in [0.05, 0.1) is 5.16 Å². The van der Waals surface area contributed by atoms with Crippen molar-refractivity contribution in [3.8, 4) is 0 Å². The summed E-state index contributed by atoms with van der Waals surface area (Å²) in [5, 5.41) is -0.353. The summed E-state index contributed by atoms with van der Waals surface area (Å²) in [5.74, 6) is 8.32. The molecule has 1 unspecified atom stereocenters. The summed E-state index contributed by atoms with van der Waals surface area (Å²) in [6.07, 6.45) is 24.9. The highest BCUT2D eigenvalue weighted by atomic mass is 31.1. The molecule has 0 aliphatic heterocycles. The summed E-state index contributed by atoms with van der Waals surface area (Å²) in [4.78, 5) is 9.22. The average Bonchev–Trinajstić information content (AvgIpc) is 3.01. The number of rotatable bonds is 7. The molecular formula is C38H46N2P2. The quantitative estimate of drug-likeness (QED) is 0.256. The van der Waals surface area contributed by atoms with E-state index >= 15 is 0 Å². The van der Waals surface area contributed by atoms with Gasteiger partial charge in [-0.3, -0.25) is 9.97 Å². The van der Waals surface area contributed by atoms with Crippen molar-refractivity contribution in [2.75, 3.05) is 0 Å². The van der Waals surface area contributed by atoms with Gasteiger partial charge in [-0.1, -0.05) is 44.3 Å². The minimum atomic E-state index is -0.353. The molecule has 1 aromatic carbocycles. The van der Waals surface area contributed by atoms with Gasteiger partial charge in [-0.2, -0.15) is 0 Å². The lowest BCUT2D eigenvalue weighted by Crippen LogP contribution is -2.52. The first-order valence-electron chi connectivity index (χ1n) is 17.1. The zero-order valence-electron chi connectivity index (χ0n) is 24.9. The zero-order chi connectivity index (χ0) is 27.8. The van der Waals surface area contributed by atoms with E-state index < -0.39 is 0 Å². The molecule has 11 rings (SSSR count). The topological polar surface area (TPSA) is 25.8 Å². The Hall–Kier alpha value is -1.62. The maximum absolute atomic E-state index is 4.61. The first-order chi connectivity index (χ1) is 20.6. The van der Waals surface area contributed by atoms with Crippen molar-refractivity contribution in [3.05, 3.63) is 95.6 Å². The fourth-order valence-corrected chi connectivity index (χ4v) is 17.4. The first-order valence-corrected chi connectivity index (χ1v) is 19.3. The SMILES string of the molecule is PC(c1cccnc1)(c1cccnc1)c1ccccc1CP(C1C2CC3CC(C2)CC1C3)C1C2CC3CC(C2)CC1C3. The summed E-state index contributed by atoms with van der Waals surface area (Å²) in [5.41, 5.74) is 7.57. The Morgan fingerprint density at radius 3 is 1.48 bits per heavy atom. The average molecular weight is 593 g/mol. The molecule has 8 bridgehead atoms. The van der Waals surface area contributed by atoms with E-state index in [2.05, 4.69) is 80.1 Å². The van der Waals surface area contributed by atoms with Crippen molar-refractivity contribution in [2.24, 2.45) is 47.3 Å². The Morgan fingerprint density at radius 2 is 1.05 bits per heavy atom. The maximum atomic E-state index is 4.61. The van der Waals surface area contributed by atoms with Gasteiger partial charge >= 0.3 is 0 Å².